The van der Waals surface area contributed by atoms with Crippen LogP contribution in [0, 0.1) is 0 Å². The Morgan fingerprint density at radius 2 is 2.00 bits per heavy atom. The number of nitrogens with two attached hydrogens (primary N) is 1. The fourth-order valence-corrected chi connectivity index (χ4v) is 0. The van der Waals surface area contributed by atoms with Gasteiger partial charge in [-0.3, -0.25) is 4.79 Å². The summed E-state index contributed by atoms with van der Waals surface area (Å²) in [4.78, 5) is 9.24. The molecule has 0 aliphatic rings. The predicted octanol–water partition coefficient (Wildman–Crippen LogP) is -1.89. The first-order valence-corrected chi connectivity index (χ1v) is 1.19. The number of carbonyl (C=O) groups is 1. The third-order valence-corrected chi connectivity index (χ3v) is 0.175. The van der Waals surface area contributed by atoms with E-state index in [4.69, 9.17) is 5.11 Å². The van der Waals surface area contributed by atoms with E-state index in [2.05, 4.69) is 5.73 Å². The van der Waals surface area contributed by atoms with Gasteiger partial charge in [0.2, 0.25) is 0 Å². The zero-order valence-corrected chi connectivity index (χ0v) is 7.38. The zero-order chi connectivity index (χ0) is 4.28. The molecule has 0 amide bonds. The van der Waals surface area contributed by atoms with Gasteiger partial charge in [-0.1, -0.05) is 0 Å². The molecular weight excluding hydrogens is 189 g/mol. The molecule has 0 saturated carbocycles. The van der Waals surface area contributed by atoms with E-state index in [-0.39, 0.29) is 30.5 Å². The topological polar surface area (TPSA) is 63.3 Å². The second-order valence-electron chi connectivity index (χ2n) is 0.598. The van der Waals surface area contributed by atoms with Crippen molar-refractivity contribution in [3.63, 3.8) is 0 Å². The van der Waals surface area contributed by atoms with Crippen molar-refractivity contribution in [3.8, 4) is 0 Å². The molecule has 0 spiro atoms. The van der Waals surface area contributed by atoms with E-state index in [0.717, 1.165) is 0 Å². The average molecular weight is 196 g/mol. The molecule has 0 unspecified atom stereocenters. The molecule has 2 radical (unpaired) electrons. The Labute approximate surface area is 52.5 Å². The Morgan fingerprint density at radius 1 is 1.83 bits per heavy atom. The van der Waals surface area contributed by atoms with Gasteiger partial charge in [0.25, 0.3) is 0 Å². The molecule has 36 valence electrons. The second-order valence-corrected chi connectivity index (χ2v) is 0.598. The summed E-state index contributed by atoms with van der Waals surface area (Å²) in [6, 6.07) is 0. The Bertz CT molecular complexity index is 46.8. The van der Waals surface area contributed by atoms with Crippen molar-refractivity contribution in [2.45, 2.75) is 0 Å². The molecule has 0 atom stereocenters. The first-order chi connectivity index (χ1) is 2.27. The van der Waals surface area contributed by atoms with Gasteiger partial charge in [-0.15, -0.1) is 0 Å². The van der Waals surface area contributed by atoms with Crippen molar-refractivity contribution in [2.24, 2.45) is 5.73 Å². The van der Waals surface area contributed by atoms with Crippen LogP contribution < -0.4 is 5.73 Å². The van der Waals surface area contributed by atoms with Crippen molar-refractivity contribution >= 4 is 29.9 Å². The van der Waals surface area contributed by atoms with Gasteiger partial charge in [-0.25, -0.2) is 0 Å². The molecule has 0 aromatic heterocycles. The summed E-state index contributed by atoms with van der Waals surface area (Å²) in [5, 5.41) is 7.60. The normalized spacial score (nSPS) is 6.17. The summed E-state index contributed by atoms with van der Waals surface area (Å²) >= 11 is 0. The molecule has 0 heterocycles. The minimum atomic E-state index is -0.968. The van der Waals surface area contributed by atoms with Crippen molar-refractivity contribution in [1.82, 2.24) is 0 Å². The van der Waals surface area contributed by atoms with Gasteiger partial charge in [0, 0.05) is 0 Å². The second kappa shape index (κ2) is 5.23. The maximum atomic E-state index is 9.24. The van der Waals surface area contributed by atoms with Gasteiger partial charge in [0.05, 0.1) is 6.54 Å². The Hall–Kier alpha value is 0.229. The van der Waals surface area contributed by atoms with Crippen LogP contribution >= 0.6 is 0 Å². The van der Waals surface area contributed by atoms with E-state index in [0.29, 0.717) is 0 Å². The van der Waals surface area contributed by atoms with Gasteiger partial charge >= 0.3 is 29.9 Å². The average Bonchev–Trinajstić information content (AvgIpc) is 1.38. The standard InChI is InChI=1S/C2H5NO2.Sn.2H/c3-1-2(4)5;;;/h1,3H2,(H,4,5);;;. The first kappa shape index (κ1) is 9.52. The summed E-state index contributed by atoms with van der Waals surface area (Å²) in [5.74, 6) is -0.968. The SMILES string of the molecule is NCC(=O)O.[SnH2]. The Balaban J connectivity index is 0. The number of aliphatic carboxylic acids is 1. The molecule has 0 aliphatic heterocycles. The summed E-state index contributed by atoms with van der Waals surface area (Å²) in [5.41, 5.74) is 4.57. The van der Waals surface area contributed by atoms with Crippen LogP contribution in [0.3, 0.4) is 0 Å². The van der Waals surface area contributed by atoms with Crippen molar-refractivity contribution < 1.29 is 9.90 Å². The molecule has 0 fully saturated rings. The van der Waals surface area contributed by atoms with E-state index in [1.807, 2.05) is 0 Å². The van der Waals surface area contributed by atoms with Crippen LogP contribution in [-0.2, 0) is 4.79 Å². The van der Waals surface area contributed by atoms with E-state index >= 15 is 0 Å². The number of carboxylic acid groups (broad SMARTS) is 1. The van der Waals surface area contributed by atoms with Crippen LogP contribution in [0.1, 0.15) is 0 Å². The molecule has 0 saturated heterocycles. The van der Waals surface area contributed by atoms with Crippen LogP contribution in [0.5, 0.6) is 0 Å². The van der Waals surface area contributed by atoms with E-state index in [1.54, 1.807) is 0 Å². The van der Waals surface area contributed by atoms with E-state index < -0.39 is 5.97 Å². The molecule has 4 heteroatoms. The first-order valence-electron chi connectivity index (χ1n) is 1.19. The van der Waals surface area contributed by atoms with Crippen molar-refractivity contribution in [3.05, 3.63) is 0 Å². The fourth-order valence-electron chi connectivity index (χ4n) is 0. The number of rotatable bonds is 1. The van der Waals surface area contributed by atoms with Gasteiger partial charge in [0.15, 0.2) is 0 Å². The third-order valence-electron chi connectivity index (χ3n) is 0.175. The Kier molecular flexibility index (Phi) is 8.30. The van der Waals surface area contributed by atoms with Crippen LogP contribution in [-0.4, -0.2) is 41.5 Å². The van der Waals surface area contributed by atoms with Gasteiger partial charge in [0.1, 0.15) is 0 Å². The predicted molar refractivity (Wildman–Crippen MR) is 25.2 cm³/mol. The molecule has 0 bridgehead atoms. The van der Waals surface area contributed by atoms with Crippen molar-refractivity contribution in [2.75, 3.05) is 6.54 Å². The van der Waals surface area contributed by atoms with Crippen LogP contribution in [0.25, 0.3) is 0 Å². The molecule has 6 heavy (non-hydrogen) atoms. The fraction of sp³-hybridized carbons (Fsp3) is 0.500. The van der Waals surface area contributed by atoms with E-state index in [9.17, 15) is 4.79 Å². The molecule has 0 rings (SSSR count). The molecule has 3 N–H and O–H groups in total. The van der Waals surface area contributed by atoms with E-state index in [1.165, 1.54) is 0 Å². The minimum absolute atomic E-state index is 0. The maximum absolute atomic E-state index is 9.24. The molecule has 3 nitrogen and oxygen atoms in total. The van der Waals surface area contributed by atoms with Crippen LogP contribution in [0.15, 0.2) is 0 Å². The summed E-state index contributed by atoms with van der Waals surface area (Å²) in [6.45, 7) is -0.278. The van der Waals surface area contributed by atoms with Gasteiger partial charge in [-0.05, 0) is 0 Å². The zero-order valence-electron chi connectivity index (χ0n) is 3.35. The number of carboxylic acids is 1. The molecule has 0 aliphatic carbocycles. The summed E-state index contributed by atoms with van der Waals surface area (Å²) in [6.07, 6.45) is 0. The van der Waals surface area contributed by atoms with Gasteiger partial charge in [-0.2, -0.15) is 0 Å². The van der Waals surface area contributed by atoms with Crippen LogP contribution in [0.2, 0.25) is 0 Å². The van der Waals surface area contributed by atoms with Crippen molar-refractivity contribution in [1.29, 1.82) is 0 Å². The molecular formula is C2H7NO2Sn. The Morgan fingerprint density at radius 3 is 2.00 bits per heavy atom. The third kappa shape index (κ3) is 8.87. The number of hydrogen-bond donors (Lipinski definition) is 2. The molecule has 0 aromatic rings. The number of hydrogen-bond acceptors (Lipinski definition) is 2. The summed E-state index contributed by atoms with van der Waals surface area (Å²) in [7, 11) is 0. The summed E-state index contributed by atoms with van der Waals surface area (Å²) < 4.78 is 0. The quantitative estimate of drug-likeness (QED) is 0.482. The monoisotopic (exact) mass is 197 g/mol. The van der Waals surface area contributed by atoms with Gasteiger partial charge < -0.3 is 10.8 Å². The van der Waals surface area contributed by atoms with Crippen LogP contribution in [0.4, 0.5) is 0 Å². The molecule has 0 aromatic carbocycles.